The molecule has 0 saturated heterocycles. The third-order valence-corrected chi connectivity index (χ3v) is 2.99. The Morgan fingerprint density at radius 1 is 1.31 bits per heavy atom. The molecule has 0 bridgehead atoms. The van der Waals surface area contributed by atoms with Crippen LogP contribution in [0.2, 0.25) is 0 Å². The Bertz CT molecular complexity index is 348. The van der Waals surface area contributed by atoms with Crippen molar-refractivity contribution in [1.82, 2.24) is 0 Å². The van der Waals surface area contributed by atoms with Crippen LogP contribution in [0.3, 0.4) is 0 Å². The summed E-state index contributed by atoms with van der Waals surface area (Å²) in [5.41, 5.74) is 0.582. The normalized spacial score (nSPS) is 13.5. The molecule has 1 aromatic carbocycles. The Balaban J connectivity index is 2.75. The Morgan fingerprint density at radius 3 is 2.31 bits per heavy atom. The van der Waals surface area contributed by atoms with Gasteiger partial charge in [0.1, 0.15) is 5.25 Å². The van der Waals surface area contributed by atoms with E-state index in [4.69, 9.17) is 0 Å². The number of hydrogen-bond donors (Lipinski definition) is 0. The maximum absolute atomic E-state index is 12.6. The molecule has 0 N–H and O–H groups in total. The van der Waals surface area contributed by atoms with Crippen molar-refractivity contribution in [3.8, 4) is 0 Å². The molecule has 1 unspecified atom stereocenters. The molecule has 0 heterocycles. The number of halogens is 3. The second-order valence-corrected chi connectivity index (χ2v) is 4.71. The Hall–Kier alpha value is -0.970. The maximum atomic E-state index is 12.6. The molecule has 1 atom stereocenters. The highest BCUT2D eigenvalue weighted by atomic mass is 32.2. The molecule has 0 radical (unpaired) electrons. The average molecular weight is 248 g/mol. The number of carbonyl (C=O) groups excluding carboxylic acids is 1. The fourth-order valence-electron chi connectivity index (χ4n) is 1.25. The quantitative estimate of drug-likeness (QED) is 0.815. The Kier molecular flexibility index (Phi) is 4.41. The Labute approximate surface area is 96.0 Å². The first-order valence-electron chi connectivity index (χ1n) is 4.67. The summed E-state index contributed by atoms with van der Waals surface area (Å²) in [5, 5.41) is -2.18. The number of hydrogen-bond acceptors (Lipinski definition) is 2. The molecule has 0 aliphatic carbocycles. The van der Waals surface area contributed by atoms with Crippen molar-refractivity contribution < 1.29 is 18.0 Å². The molecule has 1 rings (SSSR count). The van der Waals surface area contributed by atoms with Gasteiger partial charge in [-0.15, -0.1) is 0 Å². The molecule has 0 spiro atoms. The third-order valence-electron chi connectivity index (χ3n) is 1.94. The van der Waals surface area contributed by atoms with Crippen molar-refractivity contribution in [3.05, 3.63) is 35.9 Å². The minimum absolute atomic E-state index is 0.172. The van der Waals surface area contributed by atoms with E-state index in [1.54, 1.807) is 30.3 Å². The lowest BCUT2D eigenvalue weighted by atomic mass is 10.1. The van der Waals surface area contributed by atoms with Gasteiger partial charge in [-0.05, 0) is 12.0 Å². The zero-order valence-electron chi connectivity index (χ0n) is 8.62. The molecular formula is C11H11F3OS. The van der Waals surface area contributed by atoms with E-state index in [1.807, 2.05) is 0 Å². The maximum Gasteiger partial charge on any atom is 0.401 e. The molecule has 1 aromatic rings. The molecular weight excluding hydrogens is 237 g/mol. The van der Waals surface area contributed by atoms with Crippen LogP contribution in [-0.4, -0.2) is 16.5 Å². The van der Waals surface area contributed by atoms with Gasteiger partial charge in [0, 0.05) is 6.92 Å². The van der Waals surface area contributed by atoms with Gasteiger partial charge >= 0.3 is 6.18 Å². The van der Waals surface area contributed by atoms with Crippen molar-refractivity contribution in [2.45, 2.75) is 24.8 Å². The first-order valence-corrected chi connectivity index (χ1v) is 5.55. The molecule has 0 amide bonds. The van der Waals surface area contributed by atoms with Crippen LogP contribution in [-0.2, 0) is 11.2 Å². The molecule has 0 fully saturated rings. The van der Waals surface area contributed by atoms with Gasteiger partial charge < -0.3 is 0 Å². The van der Waals surface area contributed by atoms with Crippen molar-refractivity contribution in [3.63, 3.8) is 0 Å². The average Bonchev–Trinajstić information content (AvgIpc) is 2.16. The molecule has 0 aliphatic heterocycles. The fourth-order valence-corrected chi connectivity index (χ4v) is 2.06. The summed E-state index contributed by atoms with van der Waals surface area (Å²) in [4.78, 5) is 10.8. The summed E-state index contributed by atoms with van der Waals surface area (Å²) in [6.07, 6.45) is -4.53. The van der Waals surface area contributed by atoms with Crippen LogP contribution in [0.15, 0.2) is 30.3 Å². The van der Waals surface area contributed by atoms with Gasteiger partial charge in [-0.3, -0.25) is 4.79 Å². The molecule has 0 aromatic heterocycles. The highest BCUT2D eigenvalue weighted by molar-refractivity contribution is 8.14. The number of thioether (sulfide) groups is 1. The van der Waals surface area contributed by atoms with Gasteiger partial charge in [-0.2, -0.15) is 13.2 Å². The SMILES string of the molecule is CC(=O)SC(Cc1ccccc1)C(F)(F)F. The van der Waals surface area contributed by atoms with E-state index in [-0.39, 0.29) is 6.42 Å². The van der Waals surface area contributed by atoms with Gasteiger partial charge in [0.15, 0.2) is 5.12 Å². The van der Waals surface area contributed by atoms with E-state index in [0.717, 1.165) is 6.92 Å². The van der Waals surface area contributed by atoms with Crippen LogP contribution < -0.4 is 0 Å². The van der Waals surface area contributed by atoms with Crippen molar-refractivity contribution >= 4 is 16.9 Å². The van der Waals surface area contributed by atoms with Crippen molar-refractivity contribution in [2.24, 2.45) is 0 Å². The monoisotopic (exact) mass is 248 g/mol. The van der Waals surface area contributed by atoms with E-state index in [1.165, 1.54) is 0 Å². The summed E-state index contributed by atoms with van der Waals surface area (Å²) >= 11 is 0.337. The minimum Gasteiger partial charge on any atom is -0.288 e. The number of carbonyl (C=O) groups is 1. The van der Waals surface area contributed by atoms with E-state index in [9.17, 15) is 18.0 Å². The Morgan fingerprint density at radius 2 is 1.88 bits per heavy atom. The second-order valence-electron chi connectivity index (χ2n) is 3.33. The predicted octanol–water partition coefficient (Wildman–Crippen LogP) is 3.44. The largest absolute Gasteiger partial charge is 0.401 e. The highest BCUT2D eigenvalue weighted by Crippen LogP contribution is 2.33. The van der Waals surface area contributed by atoms with Gasteiger partial charge in [0.05, 0.1) is 0 Å². The lowest BCUT2D eigenvalue weighted by molar-refractivity contribution is -0.129. The van der Waals surface area contributed by atoms with Gasteiger partial charge in [0.2, 0.25) is 0 Å². The molecule has 0 aliphatic rings. The highest BCUT2D eigenvalue weighted by Gasteiger charge is 2.40. The van der Waals surface area contributed by atoms with E-state index >= 15 is 0 Å². The van der Waals surface area contributed by atoms with Crippen LogP contribution in [0.25, 0.3) is 0 Å². The number of alkyl halides is 3. The minimum atomic E-state index is -4.35. The van der Waals surface area contributed by atoms with Crippen molar-refractivity contribution in [2.75, 3.05) is 0 Å². The zero-order valence-corrected chi connectivity index (χ0v) is 9.44. The van der Waals surface area contributed by atoms with Crippen LogP contribution in [0.4, 0.5) is 13.2 Å². The summed E-state index contributed by atoms with van der Waals surface area (Å²) in [6.45, 7) is 1.15. The first kappa shape index (κ1) is 13.1. The summed E-state index contributed by atoms with van der Waals surface area (Å²) in [7, 11) is 0. The molecule has 88 valence electrons. The predicted molar refractivity (Wildman–Crippen MR) is 58.3 cm³/mol. The topological polar surface area (TPSA) is 17.1 Å². The molecule has 16 heavy (non-hydrogen) atoms. The standard InChI is InChI=1S/C11H11F3OS/c1-8(15)16-10(11(12,13)14)7-9-5-3-2-4-6-9/h2-6,10H,7H2,1H3. The fraction of sp³-hybridized carbons (Fsp3) is 0.364. The van der Waals surface area contributed by atoms with Crippen LogP contribution >= 0.6 is 11.8 Å². The lowest BCUT2D eigenvalue weighted by Gasteiger charge is -2.18. The van der Waals surface area contributed by atoms with E-state index < -0.39 is 16.5 Å². The van der Waals surface area contributed by atoms with Crippen LogP contribution in [0.5, 0.6) is 0 Å². The lowest BCUT2D eigenvalue weighted by Crippen LogP contribution is -2.28. The first-order chi connectivity index (χ1) is 7.39. The van der Waals surface area contributed by atoms with Gasteiger partial charge in [-0.1, -0.05) is 42.1 Å². The summed E-state index contributed by atoms with van der Waals surface area (Å²) < 4.78 is 37.8. The molecule has 1 nitrogen and oxygen atoms in total. The summed E-state index contributed by atoms with van der Waals surface area (Å²) in [6, 6.07) is 8.35. The smallest absolute Gasteiger partial charge is 0.288 e. The van der Waals surface area contributed by atoms with Crippen LogP contribution in [0.1, 0.15) is 12.5 Å². The van der Waals surface area contributed by atoms with Crippen LogP contribution in [0, 0.1) is 0 Å². The second kappa shape index (κ2) is 5.39. The number of benzene rings is 1. The third kappa shape index (κ3) is 4.26. The van der Waals surface area contributed by atoms with E-state index in [0.29, 0.717) is 17.3 Å². The molecule has 5 heteroatoms. The zero-order chi connectivity index (χ0) is 12.2. The van der Waals surface area contributed by atoms with Gasteiger partial charge in [-0.25, -0.2) is 0 Å². The van der Waals surface area contributed by atoms with Gasteiger partial charge in [0.25, 0.3) is 0 Å². The molecule has 0 saturated carbocycles. The summed E-state index contributed by atoms with van der Waals surface area (Å²) in [5.74, 6) is 0. The van der Waals surface area contributed by atoms with Crippen molar-refractivity contribution in [1.29, 1.82) is 0 Å². The number of rotatable bonds is 3. The van der Waals surface area contributed by atoms with E-state index in [2.05, 4.69) is 0 Å².